The summed E-state index contributed by atoms with van der Waals surface area (Å²) in [5.74, 6) is -0.626. The fourth-order valence-electron chi connectivity index (χ4n) is 1.50. The first-order valence-corrected chi connectivity index (χ1v) is 9.19. The Balaban J connectivity index is 0.000000422. The van der Waals surface area contributed by atoms with E-state index in [0.717, 1.165) is 20.1 Å². The second-order valence-electron chi connectivity index (χ2n) is 4.34. The molecule has 5 N–H and O–H groups in total. The van der Waals surface area contributed by atoms with Gasteiger partial charge in [-0.05, 0) is 30.7 Å². The molecule has 0 unspecified atom stereocenters. The van der Waals surface area contributed by atoms with Crippen LogP contribution in [0.5, 0.6) is 0 Å². The largest absolute Gasteiger partial charge is 0.370 e. The highest BCUT2D eigenvalue weighted by Crippen LogP contribution is 2.32. The number of fused-ring (bicyclic) bond motifs is 1. The smallest absolute Gasteiger partial charge is 0.290 e. The van der Waals surface area contributed by atoms with Crippen LogP contribution in [0, 0.1) is 6.92 Å². The van der Waals surface area contributed by atoms with Crippen LogP contribution in [0.4, 0.5) is 0 Å². The molecule has 0 atom stereocenters. The summed E-state index contributed by atoms with van der Waals surface area (Å²) in [6.45, 7) is 2.00. The molecule has 1 aromatic carbocycles. The summed E-state index contributed by atoms with van der Waals surface area (Å²) in [6, 6.07) is 5.82. The molecule has 0 fully saturated rings. The second-order valence-corrected chi connectivity index (χ2v) is 7.75. The van der Waals surface area contributed by atoms with Crippen LogP contribution in [-0.2, 0) is 10.1 Å². The molecule has 0 radical (unpaired) electrons. The SMILES string of the molecule is CS(=O)(=O)O.Cc1cc(Br)c2cc(C(=O)N=C(N)N)sc2c1. The molecule has 0 aliphatic rings. The number of hydrogen-bond donors (Lipinski definition) is 3. The van der Waals surface area contributed by atoms with Crippen molar-refractivity contribution in [1.29, 1.82) is 0 Å². The number of nitrogens with two attached hydrogens (primary N) is 2. The zero-order chi connectivity index (χ0) is 17.1. The van der Waals surface area contributed by atoms with Gasteiger partial charge in [0.2, 0.25) is 0 Å². The van der Waals surface area contributed by atoms with Crippen molar-refractivity contribution in [1.82, 2.24) is 0 Å². The number of aliphatic imine (C=N–C) groups is 1. The van der Waals surface area contributed by atoms with E-state index in [0.29, 0.717) is 11.1 Å². The second kappa shape index (κ2) is 7.18. The molecule has 120 valence electrons. The number of rotatable bonds is 1. The van der Waals surface area contributed by atoms with Crippen molar-refractivity contribution in [2.45, 2.75) is 6.92 Å². The summed E-state index contributed by atoms with van der Waals surface area (Å²) in [4.78, 5) is 15.7. The molecule has 7 nitrogen and oxygen atoms in total. The Morgan fingerprint density at radius 3 is 2.36 bits per heavy atom. The summed E-state index contributed by atoms with van der Waals surface area (Å²) in [7, 11) is -3.67. The van der Waals surface area contributed by atoms with Crippen LogP contribution < -0.4 is 11.5 Å². The van der Waals surface area contributed by atoms with E-state index >= 15 is 0 Å². The predicted molar refractivity (Wildman–Crippen MR) is 91.9 cm³/mol. The number of aryl methyl sites for hydroxylation is 1. The number of guanidine groups is 1. The summed E-state index contributed by atoms with van der Waals surface area (Å²) >= 11 is 4.85. The molecule has 22 heavy (non-hydrogen) atoms. The molecule has 0 saturated carbocycles. The number of thiophene rings is 1. The Labute approximate surface area is 139 Å². The molecule has 2 rings (SSSR count). The average molecular weight is 408 g/mol. The number of nitrogens with zero attached hydrogens (tertiary/aromatic N) is 1. The standard InChI is InChI=1S/C11H10BrN3OS.CH4O3S/c1-5-2-7(12)6-4-9(17-8(6)3-5)10(16)15-11(13)14;1-5(2,3)4/h2-4H,1H3,(H4,13,14,15,16);1H3,(H,2,3,4). The van der Waals surface area contributed by atoms with Crippen molar-refractivity contribution >= 4 is 59.3 Å². The van der Waals surface area contributed by atoms with Crippen LogP contribution in [-0.4, -0.2) is 31.1 Å². The Morgan fingerprint density at radius 2 is 1.86 bits per heavy atom. The van der Waals surface area contributed by atoms with E-state index in [1.165, 1.54) is 11.3 Å². The monoisotopic (exact) mass is 407 g/mol. The van der Waals surface area contributed by atoms with E-state index in [9.17, 15) is 13.2 Å². The molecule has 0 bridgehead atoms. The third-order valence-electron chi connectivity index (χ3n) is 2.17. The molecule has 0 aliphatic carbocycles. The Hall–Kier alpha value is -1.49. The van der Waals surface area contributed by atoms with Crippen LogP contribution in [0.1, 0.15) is 15.2 Å². The van der Waals surface area contributed by atoms with Gasteiger partial charge in [-0.3, -0.25) is 9.35 Å². The summed E-state index contributed by atoms with van der Waals surface area (Å²) in [5, 5.41) is 0.995. The Bertz CT molecular complexity index is 831. The van der Waals surface area contributed by atoms with Gasteiger partial charge in [0, 0.05) is 14.6 Å². The molecule has 2 aromatic rings. The Kier molecular flexibility index (Phi) is 6.06. The zero-order valence-corrected chi connectivity index (χ0v) is 14.9. The van der Waals surface area contributed by atoms with Crippen LogP contribution in [0.15, 0.2) is 27.7 Å². The van der Waals surface area contributed by atoms with Crippen molar-refractivity contribution in [3.8, 4) is 0 Å². The maximum absolute atomic E-state index is 11.7. The molecular formula is C12H14BrN3O4S2. The van der Waals surface area contributed by atoms with Crippen LogP contribution in [0.25, 0.3) is 10.1 Å². The van der Waals surface area contributed by atoms with Crippen molar-refractivity contribution in [3.05, 3.63) is 33.1 Å². The lowest BCUT2D eigenvalue weighted by molar-refractivity contribution is 0.101. The normalized spacial score (nSPS) is 10.7. The van der Waals surface area contributed by atoms with Crippen molar-refractivity contribution in [2.75, 3.05) is 6.26 Å². The maximum Gasteiger partial charge on any atom is 0.290 e. The van der Waals surface area contributed by atoms with Gasteiger partial charge in [0.15, 0.2) is 5.96 Å². The summed E-state index contributed by atoms with van der Waals surface area (Å²) in [5.41, 5.74) is 11.5. The lowest BCUT2D eigenvalue weighted by Gasteiger charge is -1.95. The van der Waals surface area contributed by atoms with E-state index in [2.05, 4.69) is 20.9 Å². The van der Waals surface area contributed by atoms with Crippen LogP contribution in [0.2, 0.25) is 0 Å². The van der Waals surface area contributed by atoms with Gasteiger partial charge in [0.05, 0.1) is 11.1 Å². The number of amides is 1. The first-order chi connectivity index (χ1) is 9.97. The number of carbonyl (C=O) groups is 1. The van der Waals surface area contributed by atoms with Gasteiger partial charge in [-0.2, -0.15) is 13.4 Å². The minimum Gasteiger partial charge on any atom is -0.370 e. The van der Waals surface area contributed by atoms with Gasteiger partial charge < -0.3 is 11.5 Å². The van der Waals surface area contributed by atoms with E-state index in [4.69, 9.17) is 16.0 Å². The highest BCUT2D eigenvalue weighted by atomic mass is 79.9. The van der Waals surface area contributed by atoms with E-state index < -0.39 is 16.0 Å². The molecule has 10 heteroatoms. The molecule has 0 spiro atoms. The zero-order valence-electron chi connectivity index (χ0n) is 11.7. The van der Waals surface area contributed by atoms with E-state index in [1.54, 1.807) is 6.07 Å². The van der Waals surface area contributed by atoms with E-state index in [-0.39, 0.29) is 5.96 Å². The highest BCUT2D eigenvalue weighted by Gasteiger charge is 2.11. The summed E-state index contributed by atoms with van der Waals surface area (Å²) in [6.07, 6.45) is 0.715. The van der Waals surface area contributed by atoms with Gasteiger partial charge in [0.25, 0.3) is 16.0 Å². The fourth-order valence-corrected chi connectivity index (χ4v) is 3.39. The molecule has 0 saturated heterocycles. The molecule has 0 aliphatic heterocycles. The number of benzene rings is 1. The quantitative estimate of drug-likeness (QED) is 0.375. The minimum absolute atomic E-state index is 0.220. The average Bonchev–Trinajstić information content (AvgIpc) is 2.69. The van der Waals surface area contributed by atoms with Crippen molar-refractivity contribution in [3.63, 3.8) is 0 Å². The Morgan fingerprint density at radius 1 is 1.32 bits per heavy atom. The van der Waals surface area contributed by atoms with Crippen molar-refractivity contribution in [2.24, 2.45) is 16.5 Å². The van der Waals surface area contributed by atoms with Gasteiger partial charge in [0.1, 0.15) is 0 Å². The predicted octanol–water partition coefficient (Wildman–Crippen LogP) is 1.89. The third-order valence-corrected chi connectivity index (χ3v) is 3.90. The van der Waals surface area contributed by atoms with Gasteiger partial charge in [-0.1, -0.05) is 15.9 Å². The number of halogens is 1. The fraction of sp³-hybridized carbons (Fsp3) is 0.167. The van der Waals surface area contributed by atoms with Crippen LogP contribution in [0.3, 0.4) is 0 Å². The van der Waals surface area contributed by atoms with Gasteiger partial charge in [-0.25, -0.2) is 0 Å². The van der Waals surface area contributed by atoms with Gasteiger partial charge in [-0.15, -0.1) is 11.3 Å². The topological polar surface area (TPSA) is 136 Å². The summed E-state index contributed by atoms with van der Waals surface area (Å²) < 4.78 is 27.9. The molecule has 1 amide bonds. The lowest BCUT2D eigenvalue weighted by atomic mass is 10.2. The van der Waals surface area contributed by atoms with E-state index in [1.807, 2.05) is 19.1 Å². The molecular weight excluding hydrogens is 394 g/mol. The highest BCUT2D eigenvalue weighted by molar-refractivity contribution is 9.10. The maximum atomic E-state index is 11.7. The lowest BCUT2D eigenvalue weighted by Crippen LogP contribution is -2.24. The number of carbonyl (C=O) groups excluding carboxylic acids is 1. The third kappa shape index (κ3) is 6.10. The van der Waals surface area contributed by atoms with Crippen molar-refractivity contribution < 1.29 is 17.8 Å². The minimum atomic E-state index is -3.67. The number of hydrogen-bond acceptors (Lipinski definition) is 4. The first-order valence-electron chi connectivity index (χ1n) is 5.73. The van der Waals surface area contributed by atoms with Crippen LogP contribution >= 0.6 is 27.3 Å². The first kappa shape index (κ1) is 18.6. The molecule has 1 aromatic heterocycles. The van der Waals surface area contributed by atoms with Gasteiger partial charge >= 0.3 is 0 Å². The molecule has 1 heterocycles.